The van der Waals surface area contributed by atoms with Gasteiger partial charge in [-0.3, -0.25) is 0 Å². The van der Waals surface area contributed by atoms with Crippen LogP contribution in [-0.2, 0) is 27.6 Å². The molecule has 0 spiro atoms. The molecule has 1 aromatic carbocycles. The van der Waals surface area contributed by atoms with Crippen molar-refractivity contribution in [3.63, 3.8) is 0 Å². The van der Waals surface area contributed by atoms with Crippen LogP contribution in [0, 0.1) is 5.92 Å². The molecule has 1 aliphatic heterocycles. The molecule has 0 bridgehead atoms. The fraction of sp³-hybridized carbons (Fsp3) is 0.391. The molecule has 0 aliphatic carbocycles. The molecule has 3 heterocycles. The summed E-state index contributed by atoms with van der Waals surface area (Å²) < 4.78 is 33.3. The van der Waals surface area contributed by atoms with E-state index in [1.807, 2.05) is 41.3 Å². The number of amides is 1. The lowest BCUT2D eigenvalue weighted by atomic mass is 10.0. The topological polar surface area (TPSA) is 90.3 Å². The zero-order valence-corrected chi connectivity index (χ0v) is 22.9. The highest BCUT2D eigenvalue weighted by Gasteiger charge is 2.29. The van der Waals surface area contributed by atoms with Crippen molar-refractivity contribution < 1.29 is 17.9 Å². The molecule has 1 amide bonds. The number of carbonyl (C=O) groups is 1. The van der Waals surface area contributed by atoms with Crippen molar-refractivity contribution in [3.8, 4) is 11.1 Å². The van der Waals surface area contributed by atoms with E-state index in [-0.39, 0.29) is 10.3 Å². The molecule has 0 radical (unpaired) electrons. The molecule has 35 heavy (non-hydrogen) atoms. The first kappa shape index (κ1) is 26.3. The number of fused-ring (bicyclic) bond motifs is 1. The van der Waals surface area contributed by atoms with Crippen LogP contribution in [0.4, 0.5) is 4.79 Å². The summed E-state index contributed by atoms with van der Waals surface area (Å²) in [5, 5.41) is 0. The Bertz CT molecular complexity index is 1310. The van der Waals surface area contributed by atoms with Crippen molar-refractivity contribution in [2.24, 2.45) is 5.92 Å². The van der Waals surface area contributed by atoms with Crippen molar-refractivity contribution in [1.29, 1.82) is 0 Å². The van der Waals surface area contributed by atoms with Gasteiger partial charge in [0.1, 0.15) is 16.6 Å². The number of thiophene rings is 1. The average Bonchev–Trinajstić information content (AvgIpc) is 3.47. The second-order valence-electron chi connectivity index (χ2n) is 8.74. The molecule has 1 atom stereocenters. The van der Waals surface area contributed by atoms with E-state index in [0.29, 0.717) is 17.9 Å². The minimum Gasteiger partial charge on any atom is -0.444 e. The van der Waals surface area contributed by atoms with Gasteiger partial charge in [-0.2, -0.15) is 0 Å². The van der Waals surface area contributed by atoms with Crippen molar-refractivity contribution in [2.45, 2.75) is 47.2 Å². The number of carbonyl (C=O) groups excluding carboxylic acids is 1. The van der Waals surface area contributed by atoms with E-state index < -0.39 is 26.5 Å². The smallest absolute Gasteiger partial charge is 0.421 e. The molecule has 0 saturated heterocycles. The van der Waals surface area contributed by atoms with E-state index in [4.69, 9.17) is 39.5 Å². The van der Waals surface area contributed by atoms with E-state index in [9.17, 15) is 13.2 Å². The van der Waals surface area contributed by atoms with Crippen LogP contribution >= 0.6 is 46.1 Å². The van der Waals surface area contributed by atoms with Crippen molar-refractivity contribution in [3.05, 3.63) is 59.0 Å². The van der Waals surface area contributed by atoms with Crippen LogP contribution in [0.15, 0.2) is 46.9 Å². The SMILES string of the molecule is CC(C)Cc1cc(-c2ccc([C@@H]3CCc4nccn43)cc2)c(S(=O)(=O)NC(=O)OCC(Cl)(Cl)Cl)s1. The minimum atomic E-state index is -4.23. The molecular formula is C23H24Cl3N3O4S2. The zero-order chi connectivity index (χ0) is 25.4. The summed E-state index contributed by atoms with van der Waals surface area (Å²) in [6.45, 7) is 3.53. The first-order chi connectivity index (χ1) is 16.4. The van der Waals surface area contributed by atoms with Gasteiger partial charge in [0.15, 0.2) is 0 Å². The summed E-state index contributed by atoms with van der Waals surface area (Å²) in [4.78, 5) is 17.4. The Kier molecular flexibility index (Phi) is 7.74. The van der Waals surface area contributed by atoms with Gasteiger partial charge in [0.2, 0.25) is 3.79 Å². The lowest BCUT2D eigenvalue weighted by Gasteiger charge is -2.14. The molecule has 0 fully saturated rings. The van der Waals surface area contributed by atoms with Gasteiger partial charge in [-0.15, -0.1) is 11.3 Å². The Morgan fingerprint density at radius 3 is 2.66 bits per heavy atom. The van der Waals surface area contributed by atoms with Crippen LogP contribution in [0.1, 0.15) is 42.6 Å². The third-order valence-electron chi connectivity index (χ3n) is 5.52. The van der Waals surface area contributed by atoms with Crippen LogP contribution in [0.2, 0.25) is 0 Å². The number of rotatable bonds is 7. The van der Waals surface area contributed by atoms with Gasteiger partial charge >= 0.3 is 6.09 Å². The van der Waals surface area contributed by atoms with Crippen LogP contribution in [0.25, 0.3) is 11.1 Å². The van der Waals surface area contributed by atoms with E-state index in [2.05, 4.69) is 23.4 Å². The van der Waals surface area contributed by atoms with Crippen LogP contribution in [-0.4, -0.2) is 34.5 Å². The summed E-state index contributed by atoms with van der Waals surface area (Å²) in [6, 6.07) is 9.90. The maximum atomic E-state index is 13.1. The third kappa shape index (κ3) is 6.32. The highest BCUT2D eigenvalue weighted by Crippen LogP contribution is 2.38. The highest BCUT2D eigenvalue weighted by atomic mass is 35.6. The molecule has 7 nitrogen and oxygen atoms in total. The van der Waals surface area contributed by atoms with Gasteiger partial charge in [0.25, 0.3) is 10.0 Å². The first-order valence-corrected chi connectivity index (χ1v) is 14.4. The van der Waals surface area contributed by atoms with Crippen LogP contribution in [0.3, 0.4) is 0 Å². The standard InChI is InChI=1S/C23H24Cl3N3O4S2/c1-14(2)11-17-12-18(21(34-17)35(31,32)28-22(30)33-13-23(24,25)26)15-3-5-16(6-4-15)19-7-8-20-27-9-10-29(19)20/h3-6,9-10,12,14,19H,7-8,11,13H2,1-2H3,(H,28,30)/t19-/m0/s1. The van der Waals surface area contributed by atoms with Crippen LogP contribution < -0.4 is 4.72 Å². The predicted octanol–water partition coefficient (Wildman–Crippen LogP) is 6.13. The molecule has 188 valence electrons. The Hall–Kier alpha value is -1.78. The minimum absolute atomic E-state index is 0.0319. The molecule has 2 aromatic heterocycles. The third-order valence-corrected chi connectivity index (χ3v) is 8.85. The first-order valence-electron chi connectivity index (χ1n) is 10.9. The van der Waals surface area contributed by atoms with Gasteiger partial charge in [-0.25, -0.2) is 22.9 Å². The normalized spacial score (nSPS) is 15.9. The number of hydrogen-bond donors (Lipinski definition) is 1. The molecular weight excluding hydrogens is 553 g/mol. The quantitative estimate of drug-likeness (QED) is 0.342. The number of imidazole rings is 1. The number of ether oxygens (including phenoxy) is 1. The number of aromatic nitrogens is 2. The molecule has 0 saturated carbocycles. The Balaban J connectivity index is 1.62. The Morgan fingerprint density at radius 2 is 2.00 bits per heavy atom. The number of aryl methyl sites for hydroxylation is 1. The van der Waals surface area contributed by atoms with Gasteiger partial charge in [-0.1, -0.05) is 72.9 Å². The van der Waals surface area contributed by atoms with Gasteiger partial charge in [0.05, 0.1) is 6.04 Å². The van der Waals surface area contributed by atoms with Crippen molar-refractivity contribution >= 4 is 62.3 Å². The predicted molar refractivity (Wildman–Crippen MR) is 139 cm³/mol. The second kappa shape index (κ2) is 10.3. The maximum Gasteiger partial charge on any atom is 0.421 e. The number of halogens is 3. The zero-order valence-electron chi connectivity index (χ0n) is 19.0. The molecule has 1 N–H and O–H groups in total. The summed E-state index contributed by atoms with van der Waals surface area (Å²) in [6.07, 6.45) is 5.17. The number of nitrogens with zero attached hydrogens (tertiary/aromatic N) is 2. The molecule has 1 aliphatic rings. The molecule has 12 heteroatoms. The summed E-state index contributed by atoms with van der Waals surface area (Å²) >= 11 is 17.9. The molecule has 4 rings (SSSR count). The lowest BCUT2D eigenvalue weighted by Crippen LogP contribution is -2.33. The monoisotopic (exact) mass is 575 g/mol. The Morgan fingerprint density at radius 1 is 1.29 bits per heavy atom. The van der Waals surface area contributed by atoms with Crippen molar-refractivity contribution in [2.75, 3.05) is 6.61 Å². The summed E-state index contributed by atoms with van der Waals surface area (Å²) in [7, 11) is -4.23. The van der Waals surface area contributed by atoms with E-state index >= 15 is 0 Å². The summed E-state index contributed by atoms with van der Waals surface area (Å²) in [5.74, 6) is 1.39. The maximum absolute atomic E-state index is 13.1. The van der Waals surface area contributed by atoms with Gasteiger partial charge in [0, 0.05) is 29.3 Å². The van der Waals surface area contributed by atoms with Gasteiger partial charge < -0.3 is 9.30 Å². The number of alkyl halides is 3. The number of nitrogens with one attached hydrogen (secondary N) is 1. The lowest BCUT2D eigenvalue weighted by molar-refractivity contribution is 0.155. The molecule has 0 unspecified atom stereocenters. The fourth-order valence-corrected chi connectivity index (χ4v) is 7.10. The van der Waals surface area contributed by atoms with E-state index in [1.165, 1.54) is 0 Å². The van der Waals surface area contributed by atoms with Crippen LogP contribution in [0.5, 0.6) is 0 Å². The Labute approximate surface area is 223 Å². The largest absolute Gasteiger partial charge is 0.444 e. The average molecular weight is 577 g/mol. The van der Waals surface area contributed by atoms with E-state index in [1.54, 1.807) is 6.20 Å². The fourth-order valence-electron chi connectivity index (χ4n) is 4.10. The highest BCUT2D eigenvalue weighted by molar-refractivity contribution is 7.92. The summed E-state index contributed by atoms with van der Waals surface area (Å²) in [5.41, 5.74) is 2.38. The number of sulfonamides is 1. The number of benzene rings is 1. The second-order valence-corrected chi connectivity index (χ2v) is 14.3. The number of hydrogen-bond acceptors (Lipinski definition) is 6. The van der Waals surface area contributed by atoms with Gasteiger partial charge in [-0.05, 0) is 36.0 Å². The van der Waals surface area contributed by atoms with E-state index in [0.717, 1.165) is 46.0 Å². The van der Waals surface area contributed by atoms with Crippen molar-refractivity contribution in [1.82, 2.24) is 14.3 Å². The molecule has 3 aromatic rings.